The van der Waals surface area contributed by atoms with E-state index in [-0.39, 0.29) is 0 Å². The second-order valence-corrected chi connectivity index (χ2v) is 5.70. The quantitative estimate of drug-likeness (QED) is 0.694. The Morgan fingerprint density at radius 1 is 1.56 bits per heavy atom. The van der Waals surface area contributed by atoms with E-state index in [1.165, 1.54) is 6.42 Å². The minimum atomic E-state index is -0.791. The van der Waals surface area contributed by atoms with Gasteiger partial charge in [-0.15, -0.1) is 0 Å². The van der Waals surface area contributed by atoms with Crippen LogP contribution in [0.15, 0.2) is 0 Å². The highest BCUT2D eigenvalue weighted by Gasteiger charge is 2.31. The van der Waals surface area contributed by atoms with Crippen LogP contribution in [0.1, 0.15) is 26.2 Å². The van der Waals surface area contributed by atoms with Gasteiger partial charge in [0.15, 0.2) is 0 Å². The van der Waals surface area contributed by atoms with Gasteiger partial charge >= 0.3 is 5.97 Å². The van der Waals surface area contributed by atoms with Crippen molar-refractivity contribution in [1.29, 1.82) is 0 Å². The summed E-state index contributed by atoms with van der Waals surface area (Å²) < 4.78 is 0. The SMILES string of the molecule is CNC(C)(CCCN1CCC(N(C)C)C1)C(=O)O. The van der Waals surface area contributed by atoms with Gasteiger partial charge in [0, 0.05) is 12.6 Å². The first-order chi connectivity index (χ1) is 8.39. The van der Waals surface area contributed by atoms with Gasteiger partial charge in [-0.05, 0) is 60.4 Å². The summed E-state index contributed by atoms with van der Waals surface area (Å²) in [4.78, 5) is 15.8. The van der Waals surface area contributed by atoms with E-state index < -0.39 is 11.5 Å². The van der Waals surface area contributed by atoms with E-state index in [1.807, 2.05) is 0 Å². The first kappa shape index (κ1) is 15.4. The first-order valence-corrected chi connectivity index (χ1v) is 6.70. The van der Waals surface area contributed by atoms with Gasteiger partial charge in [0.05, 0.1) is 0 Å². The molecule has 1 rings (SSSR count). The van der Waals surface area contributed by atoms with Gasteiger partial charge in [-0.3, -0.25) is 4.79 Å². The molecule has 1 fully saturated rings. The predicted molar refractivity (Wildman–Crippen MR) is 72.9 cm³/mol. The fourth-order valence-electron chi connectivity index (χ4n) is 2.43. The summed E-state index contributed by atoms with van der Waals surface area (Å²) >= 11 is 0. The smallest absolute Gasteiger partial charge is 0.323 e. The van der Waals surface area contributed by atoms with Crippen molar-refractivity contribution in [3.05, 3.63) is 0 Å². The molecule has 0 aliphatic carbocycles. The first-order valence-electron chi connectivity index (χ1n) is 6.70. The number of likely N-dealkylation sites (tertiary alicyclic amines) is 1. The average molecular weight is 257 g/mol. The van der Waals surface area contributed by atoms with Crippen LogP contribution in [0.3, 0.4) is 0 Å². The molecule has 5 nitrogen and oxygen atoms in total. The molecule has 1 saturated heterocycles. The van der Waals surface area contributed by atoms with E-state index in [0.29, 0.717) is 12.5 Å². The highest BCUT2D eigenvalue weighted by atomic mass is 16.4. The van der Waals surface area contributed by atoms with Crippen LogP contribution < -0.4 is 5.32 Å². The molecular formula is C13H27N3O2. The van der Waals surface area contributed by atoms with Crippen molar-refractivity contribution >= 4 is 5.97 Å². The van der Waals surface area contributed by atoms with Crippen molar-refractivity contribution in [3.63, 3.8) is 0 Å². The van der Waals surface area contributed by atoms with Crippen LogP contribution in [0.4, 0.5) is 0 Å². The number of carboxylic acids is 1. The van der Waals surface area contributed by atoms with Crippen LogP contribution in [0.5, 0.6) is 0 Å². The fraction of sp³-hybridized carbons (Fsp3) is 0.923. The zero-order chi connectivity index (χ0) is 13.8. The highest BCUT2D eigenvalue weighted by Crippen LogP contribution is 2.16. The summed E-state index contributed by atoms with van der Waals surface area (Å²) in [6.07, 6.45) is 2.81. The Kier molecular flexibility index (Phi) is 5.56. The van der Waals surface area contributed by atoms with Gasteiger partial charge in [0.25, 0.3) is 0 Å². The summed E-state index contributed by atoms with van der Waals surface area (Å²) in [5, 5.41) is 12.1. The molecular weight excluding hydrogens is 230 g/mol. The Hall–Kier alpha value is -0.650. The largest absolute Gasteiger partial charge is 0.480 e. The van der Waals surface area contributed by atoms with Crippen LogP contribution in [-0.4, -0.2) is 73.2 Å². The van der Waals surface area contributed by atoms with Crippen molar-refractivity contribution in [3.8, 4) is 0 Å². The lowest BCUT2D eigenvalue weighted by Gasteiger charge is -2.25. The van der Waals surface area contributed by atoms with Crippen molar-refractivity contribution in [1.82, 2.24) is 15.1 Å². The van der Waals surface area contributed by atoms with E-state index >= 15 is 0 Å². The third kappa shape index (κ3) is 3.93. The molecule has 1 aliphatic rings. The van der Waals surface area contributed by atoms with E-state index in [4.69, 9.17) is 5.11 Å². The molecule has 0 bridgehead atoms. The van der Waals surface area contributed by atoms with Crippen LogP contribution >= 0.6 is 0 Å². The topological polar surface area (TPSA) is 55.8 Å². The number of likely N-dealkylation sites (N-methyl/N-ethyl adjacent to an activating group) is 2. The molecule has 106 valence electrons. The Balaban J connectivity index is 2.28. The Bertz CT molecular complexity index is 283. The number of carbonyl (C=O) groups is 1. The zero-order valence-corrected chi connectivity index (χ0v) is 12.1. The Morgan fingerprint density at radius 3 is 2.67 bits per heavy atom. The van der Waals surface area contributed by atoms with Crippen LogP contribution in [0, 0.1) is 0 Å². The van der Waals surface area contributed by atoms with Gasteiger partial charge in [-0.2, -0.15) is 0 Å². The second-order valence-electron chi connectivity index (χ2n) is 5.70. The molecule has 2 N–H and O–H groups in total. The molecule has 1 aliphatic heterocycles. The number of hydrogen-bond donors (Lipinski definition) is 2. The average Bonchev–Trinajstić information content (AvgIpc) is 2.77. The molecule has 0 aromatic carbocycles. The monoisotopic (exact) mass is 257 g/mol. The van der Waals surface area contributed by atoms with Crippen LogP contribution in [-0.2, 0) is 4.79 Å². The predicted octanol–water partition coefficient (Wildman–Crippen LogP) is 0.465. The zero-order valence-electron chi connectivity index (χ0n) is 12.1. The van der Waals surface area contributed by atoms with Crippen molar-refractivity contribution in [2.45, 2.75) is 37.8 Å². The third-order valence-corrected chi connectivity index (χ3v) is 4.15. The van der Waals surface area contributed by atoms with Gasteiger partial charge < -0.3 is 20.2 Å². The lowest BCUT2D eigenvalue weighted by molar-refractivity contribution is -0.144. The highest BCUT2D eigenvalue weighted by molar-refractivity contribution is 5.78. The maximum Gasteiger partial charge on any atom is 0.323 e. The van der Waals surface area contributed by atoms with Crippen molar-refractivity contribution < 1.29 is 9.90 Å². The summed E-state index contributed by atoms with van der Waals surface area (Å²) in [5.41, 5.74) is -0.791. The number of aliphatic carboxylic acids is 1. The summed E-state index contributed by atoms with van der Waals surface area (Å²) in [7, 11) is 5.96. The fourth-order valence-corrected chi connectivity index (χ4v) is 2.43. The van der Waals surface area contributed by atoms with Gasteiger partial charge in [-0.25, -0.2) is 0 Å². The Morgan fingerprint density at radius 2 is 2.22 bits per heavy atom. The van der Waals surface area contributed by atoms with Gasteiger partial charge in [0.2, 0.25) is 0 Å². The standard InChI is InChI=1S/C13H27N3O2/c1-13(14-2,12(17)18)7-5-8-16-9-6-11(10-16)15(3)4/h11,14H,5-10H2,1-4H3,(H,17,18). The van der Waals surface area contributed by atoms with E-state index in [2.05, 4.69) is 29.2 Å². The second kappa shape index (κ2) is 6.50. The normalized spacial score (nSPS) is 24.4. The number of carboxylic acid groups (broad SMARTS) is 1. The molecule has 0 spiro atoms. The molecule has 0 amide bonds. The van der Waals surface area contributed by atoms with Crippen molar-refractivity contribution in [2.24, 2.45) is 0 Å². The summed E-state index contributed by atoms with van der Waals surface area (Å²) in [5.74, 6) is -0.766. The molecule has 2 unspecified atom stereocenters. The number of hydrogen-bond acceptors (Lipinski definition) is 4. The minimum absolute atomic E-state index is 0.653. The molecule has 1 heterocycles. The van der Waals surface area contributed by atoms with E-state index in [9.17, 15) is 4.79 Å². The summed E-state index contributed by atoms with van der Waals surface area (Å²) in [6, 6.07) is 0.653. The van der Waals surface area contributed by atoms with Crippen LogP contribution in [0.2, 0.25) is 0 Å². The van der Waals surface area contributed by atoms with E-state index in [0.717, 1.165) is 26.1 Å². The van der Waals surface area contributed by atoms with Crippen LogP contribution in [0.25, 0.3) is 0 Å². The number of rotatable bonds is 7. The molecule has 0 aromatic heterocycles. The summed E-state index contributed by atoms with van der Waals surface area (Å²) in [6.45, 7) is 4.99. The number of nitrogens with zero attached hydrogens (tertiary/aromatic N) is 2. The number of nitrogens with one attached hydrogen (secondary N) is 1. The molecule has 2 atom stereocenters. The molecule has 5 heteroatoms. The van der Waals surface area contributed by atoms with Gasteiger partial charge in [0.1, 0.15) is 5.54 Å². The molecule has 0 radical (unpaired) electrons. The molecule has 0 aromatic rings. The van der Waals surface area contributed by atoms with Gasteiger partial charge in [-0.1, -0.05) is 0 Å². The van der Waals surface area contributed by atoms with Crippen molar-refractivity contribution in [2.75, 3.05) is 40.8 Å². The molecule has 18 heavy (non-hydrogen) atoms. The molecule has 0 saturated carbocycles. The third-order valence-electron chi connectivity index (χ3n) is 4.15. The minimum Gasteiger partial charge on any atom is -0.480 e. The Labute approximate surface area is 110 Å². The lowest BCUT2D eigenvalue weighted by atomic mass is 9.96. The lowest BCUT2D eigenvalue weighted by Crippen LogP contribution is -2.47. The maximum absolute atomic E-state index is 11.1. The van der Waals surface area contributed by atoms with E-state index in [1.54, 1.807) is 14.0 Å². The maximum atomic E-state index is 11.1.